The lowest BCUT2D eigenvalue weighted by molar-refractivity contribution is 0.0174. The van der Waals surface area contributed by atoms with E-state index in [2.05, 4.69) is 18.4 Å². The molecule has 0 aliphatic heterocycles. The fourth-order valence-corrected chi connectivity index (χ4v) is 2.57. The molecule has 1 aromatic carbocycles. The molecule has 0 aliphatic carbocycles. The minimum Gasteiger partial charge on any atom is -0.368 e. The summed E-state index contributed by atoms with van der Waals surface area (Å²) in [6.45, 7) is 11.0. The third-order valence-corrected chi connectivity index (χ3v) is 3.84. The van der Waals surface area contributed by atoms with Crippen molar-refractivity contribution in [3.05, 3.63) is 41.5 Å². The Hall–Kier alpha value is -1.38. The van der Waals surface area contributed by atoms with Crippen LogP contribution in [0.3, 0.4) is 0 Å². The van der Waals surface area contributed by atoms with E-state index in [9.17, 15) is 8.78 Å². The summed E-state index contributed by atoms with van der Waals surface area (Å²) < 4.78 is 27.2. The molecule has 0 saturated carbocycles. The molecule has 0 radical (unpaired) electrons. The maximum Gasteiger partial charge on any atom is 0.270 e. The van der Waals surface area contributed by atoms with E-state index in [-0.39, 0.29) is 11.6 Å². The Labute approximate surface area is 127 Å². The number of halogens is 2. The fraction of sp³-hybridized carbons (Fsp3) is 0.556. The Kier molecular flexibility index (Phi) is 5.94. The van der Waals surface area contributed by atoms with Crippen LogP contribution in [-0.4, -0.2) is 13.1 Å². The van der Waals surface area contributed by atoms with E-state index >= 15 is 0 Å². The lowest BCUT2D eigenvalue weighted by Gasteiger charge is -2.31. The number of hydrogen-bond acceptors (Lipinski definition) is 1. The molecule has 0 fully saturated rings. The topological polar surface area (TPSA) is 3.24 Å². The monoisotopic (exact) mass is 295 g/mol. The predicted octanol–water partition coefficient (Wildman–Crippen LogP) is 5.68. The summed E-state index contributed by atoms with van der Waals surface area (Å²) in [5.74, 6) is -2.82. The van der Waals surface area contributed by atoms with Crippen LogP contribution >= 0.6 is 0 Å². The van der Waals surface area contributed by atoms with E-state index < -0.39 is 5.92 Å². The molecule has 0 bridgehead atoms. The van der Waals surface area contributed by atoms with E-state index in [0.29, 0.717) is 0 Å². The molecule has 1 aromatic rings. The normalized spacial score (nSPS) is 13.1. The number of anilines is 1. The molecule has 0 spiro atoms. The van der Waals surface area contributed by atoms with E-state index in [4.69, 9.17) is 0 Å². The highest BCUT2D eigenvalue weighted by atomic mass is 19.3. The molecule has 0 saturated heterocycles. The molecule has 0 aliphatic rings. The van der Waals surface area contributed by atoms with Gasteiger partial charge in [-0.25, -0.2) is 8.78 Å². The molecule has 1 unspecified atom stereocenters. The van der Waals surface area contributed by atoms with Gasteiger partial charge in [-0.2, -0.15) is 0 Å². The predicted molar refractivity (Wildman–Crippen MR) is 87.3 cm³/mol. The number of unbranched alkanes of at least 4 members (excludes halogenated alkanes) is 1. The quantitative estimate of drug-likeness (QED) is 0.585. The SMILES string of the molecule is C=C(C)C(CCCC)N(C)c1cc(C)cc(C(C)(F)F)c1. The van der Waals surface area contributed by atoms with Gasteiger partial charge in [-0.3, -0.25) is 0 Å². The minimum absolute atomic E-state index is 0.0697. The summed E-state index contributed by atoms with van der Waals surface area (Å²) in [7, 11) is 1.96. The molecule has 1 atom stereocenters. The largest absolute Gasteiger partial charge is 0.368 e. The van der Waals surface area contributed by atoms with Crippen molar-refractivity contribution in [3.8, 4) is 0 Å². The molecular formula is C18H27F2N. The lowest BCUT2D eigenvalue weighted by atomic mass is 10.00. The van der Waals surface area contributed by atoms with Crippen LogP contribution in [0.15, 0.2) is 30.4 Å². The lowest BCUT2D eigenvalue weighted by Crippen LogP contribution is -2.32. The van der Waals surface area contributed by atoms with Gasteiger partial charge in [-0.05, 0) is 44.0 Å². The van der Waals surface area contributed by atoms with Crippen molar-refractivity contribution in [2.24, 2.45) is 0 Å². The van der Waals surface area contributed by atoms with Crippen molar-refractivity contribution in [1.82, 2.24) is 0 Å². The van der Waals surface area contributed by atoms with Crippen LogP contribution in [0.2, 0.25) is 0 Å². The summed E-state index contributed by atoms with van der Waals surface area (Å²) >= 11 is 0. The van der Waals surface area contributed by atoms with Crippen molar-refractivity contribution < 1.29 is 8.78 Å². The van der Waals surface area contributed by atoms with Crippen LogP contribution < -0.4 is 4.90 Å². The van der Waals surface area contributed by atoms with Gasteiger partial charge in [0, 0.05) is 31.3 Å². The van der Waals surface area contributed by atoms with Gasteiger partial charge >= 0.3 is 0 Å². The molecule has 0 N–H and O–H groups in total. The Balaban J connectivity index is 3.12. The third kappa shape index (κ3) is 4.83. The van der Waals surface area contributed by atoms with Crippen LogP contribution in [0.4, 0.5) is 14.5 Å². The molecule has 21 heavy (non-hydrogen) atoms. The summed E-state index contributed by atoms with van der Waals surface area (Å²) in [4.78, 5) is 2.07. The molecule has 1 nitrogen and oxygen atoms in total. The molecular weight excluding hydrogens is 268 g/mol. The van der Waals surface area contributed by atoms with Gasteiger partial charge in [0.1, 0.15) is 0 Å². The second-order valence-corrected chi connectivity index (χ2v) is 6.06. The van der Waals surface area contributed by atoms with E-state index in [1.165, 1.54) is 0 Å². The number of likely N-dealkylation sites (N-methyl/N-ethyl adjacent to an activating group) is 1. The van der Waals surface area contributed by atoms with Gasteiger partial charge < -0.3 is 4.90 Å². The van der Waals surface area contributed by atoms with Crippen LogP contribution in [0.1, 0.15) is 51.2 Å². The van der Waals surface area contributed by atoms with Crippen molar-refractivity contribution in [2.75, 3.05) is 11.9 Å². The first-order valence-corrected chi connectivity index (χ1v) is 7.55. The van der Waals surface area contributed by atoms with Crippen molar-refractivity contribution >= 4 is 5.69 Å². The van der Waals surface area contributed by atoms with Gasteiger partial charge in [0.25, 0.3) is 5.92 Å². The number of aryl methyl sites for hydroxylation is 1. The Bertz CT molecular complexity index is 488. The zero-order chi connectivity index (χ0) is 16.2. The maximum atomic E-state index is 13.6. The number of hydrogen-bond donors (Lipinski definition) is 0. The van der Waals surface area contributed by atoms with Crippen LogP contribution in [0.25, 0.3) is 0 Å². The molecule has 118 valence electrons. The van der Waals surface area contributed by atoms with Gasteiger partial charge in [-0.1, -0.05) is 31.9 Å². The smallest absolute Gasteiger partial charge is 0.270 e. The first kappa shape index (κ1) is 17.7. The van der Waals surface area contributed by atoms with Crippen LogP contribution in [0, 0.1) is 6.92 Å². The Morgan fingerprint density at radius 2 is 1.95 bits per heavy atom. The van der Waals surface area contributed by atoms with Crippen molar-refractivity contribution in [3.63, 3.8) is 0 Å². The summed E-state index contributed by atoms with van der Waals surface area (Å²) in [6.07, 6.45) is 3.21. The van der Waals surface area contributed by atoms with E-state index in [1.54, 1.807) is 12.1 Å². The number of rotatable bonds is 7. The van der Waals surface area contributed by atoms with Crippen molar-refractivity contribution in [2.45, 2.75) is 58.9 Å². The summed E-state index contributed by atoms with van der Waals surface area (Å²) in [5, 5.41) is 0. The Morgan fingerprint density at radius 3 is 2.43 bits per heavy atom. The number of nitrogens with zero attached hydrogens (tertiary/aromatic N) is 1. The standard InChI is InChI=1S/C18H27F2N/c1-7-8-9-17(13(2)3)21(6)16-11-14(4)10-15(12-16)18(5,19)20/h10-12,17H,2,7-9H2,1,3-6H3. The maximum absolute atomic E-state index is 13.6. The van der Waals surface area contributed by atoms with Gasteiger partial charge in [-0.15, -0.1) is 0 Å². The zero-order valence-electron chi connectivity index (χ0n) is 13.8. The average Bonchev–Trinajstić information content (AvgIpc) is 2.36. The zero-order valence-corrected chi connectivity index (χ0v) is 13.8. The number of benzene rings is 1. The van der Waals surface area contributed by atoms with Gasteiger partial charge in [0.15, 0.2) is 0 Å². The number of alkyl halides is 2. The first-order chi connectivity index (χ1) is 9.66. The Morgan fingerprint density at radius 1 is 1.33 bits per heavy atom. The van der Waals surface area contributed by atoms with Crippen LogP contribution in [0.5, 0.6) is 0 Å². The molecule has 1 rings (SSSR count). The molecule has 0 amide bonds. The second kappa shape index (κ2) is 7.06. The van der Waals surface area contributed by atoms with Crippen LogP contribution in [-0.2, 0) is 5.92 Å². The van der Waals surface area contributed by atoms with Gasteiger partial charge in [0.2, 0.25) is 0 Å². The second-order valence-electron chi connectivity index (χ2n) is 6.06. The third-order valence-electron chi connectivity index (χ3n) is 3.84. The summed E-state index contributed by atoms with van der Waals surface area (Å²) in [6, 6.07) is 5.29. The summed E-state index contributed by atoms with van der Waals surface area (Å²) in [5.41, 5.74) is 2.82. The van der Waals surface area contributed by atoms with E-state index in [1.807, 2.05) is 27.0 Å². The first-order valence-electron chi connectivity index (χ1n) is 7.55. The fourth-order valence-electron chi connectivity index (χ4n) is 2.57. The average molecular weight is 295 g/mol. The molecule has 0 heterocycles. The highest BCUT2D eigenvalue weighted by Gasteiger charge is 2.26. The minimum atomic E-state index is -2.82. The highest BCUT2D eigenvalue weighted by molar-refractivity contribution is 5.53. The van der Waals surface area contributed by atoms with E-state index in [0.717, 1.165) is 43.0 Å². The molecule has 0 aromatic heterocycles. The van der Waals surface area contributed by atoms with Crippen molar-refractivity contribution in [1.29, 1.82) is 0 Å². The molecule has 3 heteroatoms. The van der Waals surface area contributed by atoms with Gasteiger partial charge in [0.05, 0.1) is 0 Å². The highest BCUT2D eigenvalue weighted by Crippen LogP contribution is 2.32.